The van der Waals surface area contributed by atoms with Gasteiger partial charge in [0.25, 0.3) is 0 Å². The van der Waals surface area contributed by atoms with Gasteiger partial charge in [0.2, 0.25) is 0 Å². The van der Waals surface area contributed by atoms with E-state index in [1.165, 1.54) is 32.1 Å². The normalized spacial score (nSPS) is 26.6. The van der Waals surface area contributed by atoms with E-state index in [2.05, 4.69) is 22.9 Å². The molecule has 2 unspecified atom stereocenters. The minimum Gasteiger partial charge on any atom is -0.461 e. The van der Waals surface area contributed by atoms with Crippen molar-refractivity contribution < 1.29 is 9.53 Å². The fourth-order valence-corrected chi connectivity index (χ4v) is 2.41. The first kappa shape index (κ1) is 12.0. The predicted octanol–water partition coefficient (Wildman–Crippen LogP) is 3.43. The second-order valence-corrected chi connectivity index (χ2v) is 5.13. The van der Waals surface area contributed by atoms with Gasteiger partial charge >= 0.3 is 5.97 Å². The molecule has 3 heteroatoms. The number of carbonyl (C=O) groups excluding carboxylic acids is 1. The van der Waals surface area contributed by atoms with Crippen LogP contribution in [0, 0.1) is 0 Å². The second-order valence-electron chi connectivity index (χ2n) is 3.95. The molecule has 1 fully saturated rings. The lowest BCUT2D eigenvalue weighted by Gasteiger charge is -2.11. The average molecular weight is 263 g/mol. The Labute approximate surface area is 94.5 Å². The van der Waals surface area contributed by atoms with E-state index in [1.807, 2.05) is 0 Å². The van der Waals surface area contributed by atoms with Crippen LogP contribution in [-0.4, -0.2) is 16.9 Å². The van der Waals surface area contributed by atoms with Crippen LogP contribution in [0.15, 0.2) is 0 Å². The zero-order chi connectivity index (χ0) is 10.4. The molecule has 0 spiro atoms. The van der Waals surface area contributed by atoms with Crippen molar-refractivity contribution in [3.63, 3.8) is 0 Å². The number of ether oxygens (including phenoxy) is 1. The molecule has 1 aliphatic rings. The van der Waals surface area contributed by atoms with Crippen LogP contribution in [0.1, 0.15) is 51.9 Å². The Morgan fingerprint density at radius 3 is 2.64 bits per heavy atom. The molecule has 82 valence electrons. The maximum Gasteiger partial charge on any atom is 0.307 e. The van der Waals surface area contributed by atoms with Gasteiger partial charge < -0.3 is 4.74 Å². The molecule has 0 aliphatic carbocycles. The molecule has 1 heterocycles. The summed E-state index contributed by atoms with van der Waals surface area (Å²) in [5.41, 5.74) is 0. The van der Waals surface area contributed by atoms with Gasteiger partial charge in [-0.25, -0.2) is 0 Å². The quantitative estimate of drug-likeness (QED) is 0.417. The molecule has 1 aliphatic heterocycles. The molecule has 0 saturated carbocycles. The van der Waals surface area contributed by atoms with Gasteiger partial charge in [0.1, 0.15) is 6.10 Å². The number of halogens is 1. The minimum atomic E-state index is -0.0505. The molecule has 0 amide bonds. The first-order valence-corrected chi connectivity index (χ1v) is 6.49. The second kappa shape index (κ2) is 6.44. The molecule has 1 rings (SSSR count). The van der Waals surface area contributed by atoms with Crippen molar-refractivity contribution in [2.45, 2.75) is 62.8 Å². The first-order chi connectivity index (χ1) is 6.74. The Bertz CT molecular complexity index is 182. The van der Waals surface area contributed by atoms with Gasteiger partial charge in [0, 0.05) is 0 Å². The fraction of sp³-hybridized carbons (Fsp3) is 0.909. The van der Waals surface area contributed by atoms with Crippen LogP contribution < -0.4 is 0 Å². The summed E-state index contributed by atoms with van der Waals surface area (Å²) in [5, 5.41) is 0. The Balaban J connectivity index is 2.04. The number of rotatable bonds is 6. The summed E-state index contributed by atoms with van der Waals surface area (Å²) in [7, 11) is 0. The van der Waals surface area contributed by atoms with Crippen LogP contribution in [0.4, 0.5) is 0 Å². The summed E-state index contributed by atoms with van der Waals surface area (Å²) in [6.07, 6.45) is 8.04. The molecule has 2 atom stereocenters. The van der Waals surface area contributed by atoms with Crippen molar-refractivity contribution in [3.05, 3.63) is 0 Å². The fourth-order valence-electron chi connectivity index (χ4n) is 1.77. The van der Waals surface area contributed by atoms with E-state index < -0.39 is 0 Å². The van der Waals surface area contributed by atoms with E-state index in [0.29, 0.717) is 6.42 Å². The summed E-state index contributed by atoms with van der Waals surface area (Å²) in [6, 6.07) is 0. The van der Waals surface area contributed by atoms with Crippen molar-refractivity contribution in [1.29, 1.82) is 0 Å². The Morgan fingerprint density at radius 2 is 2.07 bits per heavy atom. The molecule has 1 saturated heterocycles. The van der Waals surface area contributed by atoms with E-state index in [4.69, 9.17) is 4.74 Å². The van der Waals surface area contributed by atoms with E-state index in [-0.39, 0.29) is 16.9 Å². The molecule has 0 aromatic carbocycles. The predicted molar refractivity (Wildman–Crippen MR) is 60.6 cm³/mol. The van der Waals surface area contributed by atoms with Crippen LogP contribution in [0.25, 0.3) is 0 Å². The smallest absolute Gasteiger partial charge is 0.307 e. The largest absolute Gasteiger partial charge is 0.461 e. The van der Waals surface area contributed by atoms with Crippen molar-refractivity contribution in [3.8, 4) is 0 Å². The van der Waals surface area contributed by atoms with Gasteiger partial charge in [-0.3, -0.25) is 4.79 Å². The highest BCUT2D eigenvalue weighted by molar-refractivity contribution is 9.09. The third-order valence-corrected chi connectivity index (χ3v) is 3.55. The van der Waals surface area contributed by atoms with E-state index in [9.17, 15) is 4.79 Å². The van der Waals surface area contributed by atoms with Crippen LogP contribution in [0.3, 0.4) is 0 Å². The maximum atomic E-state index is 10.9. The SMILES string of the molecule is CCCCCCCC1OC(=O)CC1Br. The summed E-state index contributed by atoms with van der Waals surface area (Å²) >= 11 is 3.48. The van der Waals surface area contributed by atoms with Gasteiger partial charge in [0.05, 0.1) is 11.2 Å². The van der Waals surface area contributed by atoms with Crippen LogP contribution in [0.2, 0.25) is 0 Å². The van der Waals surface area contributed by atoms with E-state index >= 15 is 0 Å². The van der Waals surface area contributed by atoms with Crippen LogP contribution in [0.5, 0.6) is 0 Å². The number of esters is 1. The topological polar surface area (TPSA) is 26.3 Å². The lowest BCUT2D eigenvalue weighted by atomic mass is 10.1. The summed E-state index contributed by atoms with van der Waals surface area (Å²) in [4.78, 5) is 11.2. The van der Waals surface area contributed by atoms with Gasteiger partial charge in [-0.1, -0.05) is 48.5 Å². The number of hydrogen-bond acceptors (Lipinski definition) is 2. The van der Waals surface area contributed by atoms with Crippen molar-refractivity contribution in [1.82, 2.24) is 0 Å². The number of carbonyl (C=O) groups is 1. The summed E-state index contributed by atoms with van der Waals surface area (Å²) in [5.74, 6) is -0.0505. The van der Waals surface area contributed by atoms with Gasteiger partial charge in [-0.05, 0) is 12.8 Å². The first-order valence-electron chi connectivity index (χ1n) is 5.57. The van der Waals surface area contributed by atoms with Gasteiger partial charge in [0.15, 0.2) is 0 Å². The highest BCUT2D eigenvalue weighted by atomic mass is 79.9. The number of alkyl halides is 1. The highest BCUT2D eigenvalue weighted by Crippen LogP contribution is 2.26. The molecular formula is C11H19BrO2. The lowest BCUT2D eigenvalue weighted by molar-refractivity contribution is -0.141. The molecular weight excluding hydrogens is 244 g/mol. The third-order valence-electron chi connectivity index (χ3n) is 2.64. The zero-order valence-corrected chi connectivity index (χ0v) is 10.4. The van der Waals surface area contributed by atoms with Crippen LogP contribution >= 0.6 is 15.9 Å². The number of cyclic esters (lactones) is 1. The molecule has 0 aromatic heterocycles. The number of unbranched alkanes of at least 4 members (excludes halogenated alkanes) is 4. The monoisotopic (exact) mass is 262 g/mol. The molecule has 0 radical (unpaired) electrons. The van der Waals surface area contributed by atoms with E-state index in [1.54, 1.807) is 0 Å². The van der Waals surface area contributed by atoms with Crippen molar-refractivity contribution in [2.75, 3.05) is 0 Å². The molecule has 2 nitrogen and oxygen atoms in total. The number of hydrogen-bond donors (Lipinski definition) is 0. The Morgan fingerprint density at radius 1 is 1.36 bits per heavy atom. The summed E-state index contributed by atoms with van der Waals surface area (Å²) in [6.45, 7) is 2.22. The van der Waals surface area contributed by atoms with Crippen molar-refractivity contribution >= 4 is 21.9 Å². The van der Waals surface area contributed by atoms with Crippen LogP contribution in [-0.2, 0) is 9.53 Å². The molecule has 0 N–H and O–H groups in total. The summed E-state index contributed by atoms with van der Waals surface area (Å²) < 4.78 is 5.19. The third kappa shape index (κ3) is 3.99. The van der Waals surface area contributed by atoms with Gasteiger partial charge in [-0.2, -0.15) is 0 Å². The Kier molecular flexibility index (Phi) is 5.53. The zero-order valence-electron chi connectivity index (χ0n) is 8.80. The standard InChI is InChI=1S/C11H19BrO2/c1-2-3-4-5-6-7-10-9(12)8-11(13)14-10/h9-10H,2-8H2,1H3. The molecule has 0 bridgehead atoms. The minimum absolute atomic E-state index is 0.0505. The van der Waals surface area contributed by atoms with Gasteiger partial charge in [-0.15, -0.1) is 0 Å². The highest BCUT2D eigenvalue weighted by Gasteiger charge is 2.31. The molecule has 14 heavy (non-hydrogen) atoms. The maximum absolute atomic E-state index is 10.9. The average Bonchev–Trinajstić information content (AvgIpc) is 2.45. The van der Waals surface area contributed by atoms with E-state index in [0.717, 1.165) is 6.42 Å². The Hall–Kier alpha value is -0.0500. The molecule has 0 aromatic rings. The lowest BCUT2D eigenvalue weighted by Crippen LogP contribution is -2.15. The van der Waals surface area contributed by atoms with Crippen molar-refractivity contribution in [2.24, 2.45) is 0 Å².